The van der Waals surface area contributed by atoms with Gasteiger partial charge in [-0.15, -0.1) is 0 Å². The van der Waals surface area contributed by atoms with Gasteiger partial charge in [-0.2, -0.15) is 5.10 Å². The van der Waals surface area contributed by atoms with E-state index in [4.69, 9.17) is 9.52 Å². The van der Waals surface area contributed by atoms with E-state index in [1.807, 2.05) is 35.0 Å². The Kier molecular flexibility index (Phi) is 3.25. The van der Waals surface area contributed by atoms with Gasteiger partial charge in [0.25, 0.3) is 0 Å². The summed E-state index contributed by atoms with van der Waals surface area (Å²) in [7, 11) is 0. The highest BCUT2D eigenvalue weighted by Crippen LogP contribution is 2.24. The van der Waals surface area contributed by atoms with Crippen molar-refractivity contribution in [2.75, 3.05) is 0 Å². The molecule has 0 saturated heterocycles. The van der Waals surface area contributed by atoms with Gasteiger partial charge >= 0.3 is 0 Å². The van der Waals surface area contributed by atoms with Crippen molar-refractivity contribution < 1.29 is 9.52 Å². The highest BCUT2D eigenvalue weighted by Gasteiger charge is 2.12. The van der Waals surface area contributed by atoms with E-state index in [1.54, 1.807) is 29.3 Å². The molecule has 23 heavy (non-hydrogen) atoms. The standard InChI is InChI=1S/C16H13N5O2/c22-9-14-4-5-15(23-14)16-18-6-7-20(16)12-2-1-3-13(8-12)21-11-17-10-19-21/h1-8,10-11,22H,9H2. The number of aliphatic hydroxyl groups excluding tert-OH is 1. The van der Waals surface area contributed by atoms with Crippen molar-refractivity contribution >= 4 is 0 Å². The molecule has 0 unspecified atom stereocenters. The molecule has 0 aliphatic rings. The molecule has 0 bridgehead atoms. The first-order chi connectivity index (χ1) is 11.3. The lowest BCUT2D eigenvalue weighted by molar-refractivity contribution is 0.248. The van der Waals surface area contributed by atoms with Crippen molar-refractivity contribution in [1.82, 2.24) is 24.3 Å². The number of aliphatic hydroxyl groups is 1. The number of rotatable bonds is 4. The summed E-state index contributed by atoms with van der Waals surface area (Å²) < 4.78 is 9.19. The summed E-state index contributed by atoms with van der Waals surface area (Å²) in [6.45, 7) is -0.136. The molecule has 4 aromatic rings. The van der Waals surface area contributed by atoms with Gasteiger partial charge in [-0.05, 0) is 30.3 Å². The molecule has 0 spiro atoms. The maximum absolute atomic E-state index is 9.14. The van der Waals surface area contributed by atoms with Gasteiger partial charge in [0, 0.05) is 18.1 Å². The first kappa shape index (κ1) is 13.5. The molecule has 0 saturated carbocycles. The van der Waals surface area contributed by atoms with Crippen LogP contribution in [0.15, 0.2) is 65.9 Å². The lowest BCUT2D eigenvalue weighted by Gasteiger charge is -2.08. The molecule has 7 nitrogen and oxygen atoms in total. The molecule has 0 radical (unpaired) electrons. The molecule has 3 heterocycles. The third-order valence-electron chi connectivity index (χ3n) is 3.47. The summed E-state index contributed by atoms with van der Waals surface area (Å²) in [6, 6.07) is 11.4. The van der Waals surface area contributed by atoms with Crippen molar-refractivity contribution in [2.45, 2.75) is 6.61 Å². The van der Waals surface area contributed by atoms with E-state index in [-0.39, 0.29) is 6.61 Å². The SMILES string of the molecule is OCc1ccc(-c2nccn2-c2cccc(-n3cncn3)c2)o1. The normalized spacial score (nSPS) is 11.0. The molecule has 0 aliphatic carbocycles. The molecule has 0 atom stereocenters. The van der Waals surface area contributed by atoms with Crippen LogP contribution in [0.4, 0.5) is 0 Å². The van der Waals surface area contributed by atoms with Crippen LogP contribution in [0.1, 0.15) is 5.76 Å². The second-order valence-electron chi connectivity index (χ2n) is 4.90. The van der Waals surface area contributed by atoms with Gasteiger partial charge in [-0.25, -0.2) is 14.6 Å². The molecule has 1 aromatic carbocycles. The van der Waals surface area contributed by atoms with Crippen molar-refractivity contribution in [1.29, 1.82) is 0 Å². The number of furan rings is 1. The van der Waals surface area contributed by atoms with Gasteiger partial charge < -0.3 is 9.52 Å². The molecule has 3 aromatic heterocycles. The van der Waals surface area contributed by atoms with E-state index < -0.39 is 0 Å². The van der Waals surface area contributed by atoms with Gasteiger partial charge in [0.15, 0.2) is 11.6 Å². The third-order valence-corrected chi connectivity index (χ3v) is 3.47. The second kappa shape index (κ2) is 5.54. The zero-order valence-corrected chi connectivity index (χ0v) is 12.1. The van der Waals surface area contributed by atoms with Crippen LogP contribution < -0.4 is 0 Å². The first-order valence-electron chi connectivity index (χ1n) is 7.04. The number of benzene rings is 1. The van der Waals surface area contributed by atoms with Crippen LogP contribution in [0, 0.1) is 0 Å². The third kappa shape index (κ3) is 2.43. The molecule has 0 amide bonds. The summed E-state index contributed by atoms with van der Waals surface area (Å²) in [6.07, 6.45) is 6.71. The molecular weight excluding hydrogens is 294 g/mol. The van der Waals surface area contributed by atoms with Crippen molar-refractivity contribution in [3.05, 3.63) is 67.2 Å². The molecule has 4 rings (SSSR count). The number of nitrogens with zero attached hydrogens (tertiary/aromatic N) is 5. The summed E-state index contributed by atoms with van der Waals surface area (Å²) in [5, 5.41) is 13.3. The Morgan fingerprint density at radius 3 is 2.83 bits per heavy atom. The van der Waals surface area contributed by atoms with Gasteiger partial charge in [-0.1, -0.05) is 6.07 Å². The molecule has 114 valence electrons. The molecule has 0 aliphatic heterocycles. The van der Waals surface area contributed by atoms with E-state index in [9.17, 15) is 0 Å². The zero-order valence-electron chi connectivity index (χ0n) is 12.1. The average Bonchev–Trinajstić information content (AvgIpc) is 3.34. The second-order valence-corrected chi connectivity index (χ2v) is 4.90. The highest BCUT2D eigenvalue weighted by molar-refractivity contribution is 5.54. The van der Waals surface area contributed by atoms with Gasteiger partial charge in [0.2, 0.25) is 0 Å². The summed E-state index contributed by atoms with van der Waals surface area (Å²) in [5.74, 6) is 1.77. The maximum Gasteiger partial charge on any atom is 0.180 e. The number of imidazole rings is 1. The molecule has 1 N–H and O–H groups in total. The monoisotopic (exact) mass is 307 g/mol. The number of aromatic nitrogens is 5. The Labute approximate surface area is 131 Å². The van der Waals surface area contributed by atoms with E-state index in [0.29, 0.717) is 17.3 Å². The van der Waals surface area contributed by atoms with E-state index >= 15 is 0 Å². The Balaban J connectivity index is 1.77. The fourth-order valence-corrected chi connectivity index (χ4v) is 2.40. The molecular formula is C16H13N5O2. The van der Waals surface area contributed by atoms with Crippen LogP contribution in [-0.2, 0) is 6.61 Å². The van der Waals surface area contributed by atoms with Crippen LogP contribution in [0.2, 0.25) is 0 Å². The van der Waals surface area contributed by atoms with Crippen LogP contribution in [0.3, 0.4) is 0 Å². The first-order valence-corrected chi connectivity index (χ1v) is 7.04. The Hall–Kier alpha value is -3.19. The fraction of sp³-hybridized carbons (Fsp3) is 0.0625. The average molecular weight is 307 g/mol. The highest BCUT2D eigenvalue weighted by atomic mass is 16.4. The van der Waals surface area contributed by atoms with Crippen molar-refractivity contribution in [3.8, 4) is 23.0 Å². The molecule has 7 heteroatoms. The van der Waals surface area contributed by atoms with Crippen molar-refractivity contribution in [2.24, 2.45) is 0 Å². The van der Waals surface area contributed by atoms with Crippen LogP contribution >= 0.6 is 0 Å². The topological polar surface area (TPSA) is 81.9 Å². The Morgan fingerprint density at radius 2 is 2.04 bits per heavy atom. The lowest BCUT2D eigenvalue weighted by Crippen LogP contribution is -1.99. The zero-order chi connectivity index (χ0) is 15.6. The minimum absolute atomic E-state index is 0.136. The maximum atomic E-state index is 9.14. The predicted octanol–water partition coefficient (Wildman–Crippen LogP) is 2.21. The lowest BCUT2D eigenvalue weighted by atomic mass is 10.2. The molecule has 0 fully saturated rings. The summed E-state index contributed by atoms with van der Waals surface area (Å²) >= 11 is 0. The predicted molar refractivity (Wildman–Crippen MR) is 82.1 cm³/mol. The summed E-state index contributed by atoms with van der Waals surface area (Å²) in [5.41, 5.74) is 1.82. The number of hydrogen-bond donors (Lipinski definition) is 1. The minimum atomic E-state index is -0.136. The van der Waals surface area contributed by atoms with Crippen molar-refractivity contribution in [3.63, 3.8) is 0 Å². The summed E-state index contributed by atoms with van der Waals surface area (Å²) in [4.78, 5) is 8.32. The van der Waals surface area contributed by atoms with E-state index in [1.165, 1.54) is 6.33 Å². The van der Waals surface area contributed by atoms with E-state index in [2.05, 4.69) is 15.1 Å². The quantitative estimate of drug-likeness (QED) is 0.625. The van der Waals surface area contributed by atoms with Gasteiger partial charge in [-0.3, -0.25) is 4.57 Å². The van der Waals surface area contributed by atoms with Crippen LogP contribution in [-0.4, -0.2) is 29.4 Å². The van der Waals surface area contributed by atoms with Crippen LogP contribution in [0.25, 0.3) is 23.0 Å². The van der Waals surface area contributed by atoms with Gasteiger partial charge in [0.1, 0.15) is 25.0 Å². The largest absolute Gasteiger partial charge is 0.455 e. The van der Waals surface area contributed by atoms with Crippen LogP contribution in [0.5, 0.6) is 0 Å². The van der Waals surface area contributed by atoms with Gasteiger partial charge in [0.05, 0.1) is 5.69 Å². The minimum Gasteiger partial charge on any atom is -0.455 e. The fourth-order valence-electron chi connectivity index (χ4n) is 2.40. The smallest absolute Gasteiger partial charge is 0.180 e. The Morgan fingerprint density at radius 1 is 1.13 bits per heavy atom. The van der Waals surface area contributed by atoms with E-state index in [0.717, 1.165) is 11.4 Å². The Bertz CT molecular complexity index is 924. The number of hydrogen-bond acceptors (Lipinski definition) is 5.